The van der Waals surface area contributed by atoms with Crippen LogP contribution in [-0.4, -0.2) is 39.1 Å². The van der Waals surface area contributed by atoms with E-state index in [-0.39, 0.29) is 11.3 Å². The summed E-state index contributed by atoms with van der Waals surface area (Å²) in [6.07, 6.45) is 1.78. The topological polar surface area (TPSA) is 95.6 Å². The van der Waals surface area contributed by atoms with Crippen molar-refractivity contribution in [2.24, 2.45) is 7.05 Å². The van der Waals surface area contributed by atoms with E-state index in [4.69, 9.17) is 9.47 Å². The van der Waals surface area contributed by atoms with Crippen molar-refractivity contribution in [1.29, 1.82) is 0 Å². The number of methoxy groups -OCH3 is 1. The van der Waals surface area contributed by atoms with Gasteiger partial charge in [-0.15, -0.1) is 0 Å². The van der Waals surface area contributed by atoms with Crippen molar-refractivity contribution >= 4 is 16.9 Å². The first kappa shape index (κ1) is 23.8. The maximum absolute atomic E-state index is 13.6. The third-order valence-electron chi connectivity index (χ3n) is 7.02. The van der Waals surface area contributed by atoms with Crippen molar-refractivity contribution in [2.45, 2.75) is 39.3 Å². The number of hydrogen-bond donors (Lipinski definition) is 1. The first-order valence-corrected chi connectivity index (χ1v) is 12.0. The van der Waals surface area contributed by atoms with E-state index in [0.717, 1.165) is 46.4 Å². The molecular weight excluding hydrogens is 458 g/mol. The van der Waals surface area contributed by atoms with Crippen LogP contribution in [0.2, 0.25) is 0 Å². The molecular formula is C28H29N3O5. The van der Waals surface area contributed by atoms with Crippen molar-refractivity contribution in [1.82, 2.24) is 14.3 Å². The molecule has 0 fully saturated rings. The zero-order valence-corrected chi connectivity index (χ0v) is 20.9. The van der Waals surface area contributed by atoms with Crippen LogP contribution < -0.4 is 10.3 Å². The van der Waals surface area contributed by atoms with Gasteiger partial charge in [0.2, 0.25) is 0 Å². The molecule has 2 aromatic heterocycles. The SMILES string of the molecule is COC(=O)C(O)c1c(-c2ccc3c(c2C)CCCO3)c2cnn(Cc3ccc(C)cc3)c2c(=O)n1C. The summed E-state index contributed by atoms with van der Waals surface area (Å²) < 4.78 is 13.7. The molecule has 8 heteroatoms. The first-order valence-electron chi connectivity index (χ1n) is 12.0. The predicted molar refractivity (Wildman–Crippen MR) is 136 cm³/mol. The molecule has 0 saturated heterocycles. The van der Waals surface area contributed by atoms with Crippen molar-refractivity contribution in [3.8, 4) is 16.9 Å². The highest BCUT2D eigenvalue weighted by Crippen LogP contribution is 2.40. The average molecular weight is 488 g/mol. The predicted octanol–water partition coefficient (Wildman–Crippen LogP) is 3.60. The molecule has 5 rings (SSSR count). The van der Waals surface area contributed by atoms with E-state index in [1.807, 2.05) is 50.2 Å². The van der Waals surface area contributed by atoms with Crippen molar-refractivity contribution in [3.63, 3.8) is 0 Å². The minimum atomic E-state index is -1.64. The molecule has 36 heavy (non-hydrogen) atoms. The second-order valence-electron chi connectivity index (χ2n) is 9.27. The third kappa shape index (κ3) is 3.87. The van der Waals surface area contributed by atoms with Crippen LogP contribution in [0.4, 0.5) is 0 Å². The van der Waals surface area contributed by atoms with Crippen LogP contribution in [0.1, 0.15) is 40.5 Å². The minimum Gasteiger partial charge on any atom is -0.493 e. The minimum absolute atomic E-state index is 0.175. The fraction of sp³-hybridized carbons (Fsp3) is 0.321. The summed E-state index contributed by atoms with van der Waals surface area (Å²) in [5.74, 6) is 0.00490. The Labute approximate surface area is 208 Å². The number of esters is 1. The smallest absolute Gasteiger partial charge is 0.340 e. The number of aromatic nitrogens is 3. The second kappa shape index (κ2) is 9.28. The molecule has 0 spiro atoms. The van der Waals surface area contributed by atoms with Crippen LogP contribution in [0, 0.1) is 13.8 Å². The zero-order chi connectivity index (χ0) is 25.6. The van der Waals surface area contributed by atoms with E-state index in [1.165, 1.54) is 11.7 Å². The molecule has 8 nitrogen and oxygen atoms in total. The van der Waals surface area contributed by atoms with E-state index in [1.54, 1.807) is 17.9 Å². The lowest BCUT2D eigenvalue weighted by Crippen LogP contribution is -2.28. The molecule has 0 saturated carbocycles. The lowest BCUT2D eigenvalue weighted by molar-refractivity contribution is -0.151. The standard InChI is InChI=1S/C28H29N3O5/c1-16-7-9-18(10-8-16)15-31-24-21(14-29-31)23(25(30(3)27(24)33)26(32)28(34)35-4)20-11-12-22-19(17(20)2)6-5-13-36-22/h7-12,14,26,32H,5-6,13,15H2,1-4H3. The molecule has 0 bridgehead atoms. The zero-order valence-electron chi connectivity index (χ0n) is 20.9. The van der Waals surface area contributed by atoms with Gasteiger partial charge in [0.1, 0.15) is 11.3 Å². The fourth-order valence-corrected chi connectivity index (χ4v) is 5.06. The number of pyridine rings is 1. The second-order valence-corrected chi connectivity index (χ2v) is 9.27. The molecule has 186 valence electrons. The summed E-state index contributed by atoms with van der Waals surface area (Å²) in [4.78, 5) is 26.1. The molecule has 2 aromatic carbocycles. The van der Waals surface area contributed by atoms with E-state index < -0.39 is 12.1 Å². The van der Waals surface area contributed by atoms with Gasteiger partial charge in [-0.25, -0.2) is 4.79 Å². The van der Waals surface area contributed by atoms with Crippen LogP contribution in [0.5, 0.6) is 5.75 Å². The first-order chi connectivity index (χ1) is 17.3. The molecule has 0 aliphatic carbocycles. The molecule has 0 radical (unpaired) electrons. The molecule has 1 N–H and O–H groups in total. The number of aliphatic hydroxyl groups is 1. The number of nitrogens with zero attached hydrogens (tertiary/aromatic N) is 3. The van der Waals surface area contributed by atoms with Gasteiger partial charge in [-0.05, 0) is 55.0 Å². The lowest BCUT2D eigenvalue weighted by Gasteiger charge is -2.24. The summed E-state index contributed by atoms with van der Waals surface area (Å²) in [7, 11) is 2.77. The van der Waals surface area contributed by atoms with E-state index in [0.29, 0.717) is 29.6 Å². The normalized spacial score (nSPS) is 13.8. The summed E-state index contributed by atoms with van der Waals surface area (Å²) in [6.45, 7) is 5.11. The highest BCUT2D eigenvalue weighted by molar-refractivity contribution is 5.98. The quantitative estimate of drug-likeness (QED) is 0.432. The van der Waals surface area contributed by atoms with Crippen molar-refractivity contribution < 1.29 is 19.4 Å². The Bertz CT molecular complexity index is 1530. The van der Waals surface area contributed by atoms with E-state index >= 15 is 0 Å². The van der Waals surface area contributed by atoms with E-state index in [2.05, 4.69) is 5.10 Å². The van der Waals surface area contributed by atoms with Gasteiger partial charge in [-0.3, -0.25) is 9.48 Å². The Morgan fingerprint density at radius 1 is 1.19 bits per heavy atom. The third-order valence-corrected chi connectivity index (χ3v) is 7.02. The van der Waals surface area contributed by atoms with Gasteiger partial charge in [0, 0.05) is 18.0 Å². The van der Waals surface area contributed by atoms with Gasteiger partial charge in [0.15, 0.2) is 6.10 Å². The van der Waals surface area contributed by atoms with Crippen LogP contribution in [0.25, 0.3) is 22.0 Å². The number of benzene rings is 2. The number of rotatable bonds is 5. The van der Waals surface area contributed by atoms with Crippen molar-refractivity contribution in [2.75, 3.05) is 13.7 Å². The van der Waals surface area contributed by atoms with Crippen LogP contribution in [0.15, 0.2) is 47.4 Å². The van der Waals surface area contributed by atoms with Crippen LogP contribution in [0.3, 0.4) is 0 Å². The monoisotopic (exact) mass is 487 g/mol. The molecule has 1 atom stereocenters. The largest absolute Gasteiger partial charge is 0.493 e. The van der Waals surface area contributed by atoms with E-state index in [9.17, 15) is 14.7 Å². The highest BCUT2D eigenvalue weighted by atomic mass is 16.5. The Balaban J connectivity index is 1.80. The number of aryl methyl sites for hydroxylation is 1. The molecule has 1 aliphatic heterocycles. The number of aliphatic hydroxyl groups excluding tert-OH is 1. The number of hydrogen-bond acceptors (Lipinski definition) is 6. The number of ether oxygens (including phenoxy) is 2. The maximum atomic E-state index is 13.6. The van der Waals surface area contributed by atoms with Gasteiger partial charge in [-0.1, -0.05) is 35.9 Å². The Morgan fingerprint density at radius 2 is 1.94 bits per heavy atom. The van der Waals surface area contributed by atoms with Crippen molar-refractivity contribution in [3.05, 3.63) is 80.9 Å². The highest BCUT2D eigenvalue weighted by Gasteiger charge is 2.30. The summed E-state index contributed by atoms with van der Waals surface area (Å²) in [6, 6.07) is 11.9. The maximum Gasteiger partial charge on any atom is 0.340 e. The Morgan fingerprint density at radius 3 is 2.67 bits per heavy atom. The fourth-order valence-electron chi connectivity index (χ4n) is 5.06. The number of fused-ring (bicyclic) bond motifs is 2. The summed E-state index contributed by atoms with van der Waals surface area (Å²) >= 11 is 0. The lowest BCUT2D eigenvalue weighted by atomic mass is 9.89. The van der Waals surface area contributed by atoms with Gasteiger partial charge >= 0.3 is 5.97 Å². The Kier molecular flexibility index (Phi) is 6.14. The average Bonchev–Trinajstić information content (AvgIpc) is 3.30. The molecule has 0 amide bonds. The van der Waals surface area contributed by atoms with Crippen LogP contribution >= 0.6 is 0 Å². The summed E-state index contributed by atoms with van der Waals surface area (Å²) in [5.41, 5.74) is 5.86. The molecule has 4 aromatic rings. The van der Waals surface area contributed by atoms with Crippen LogP contribution in [-0.2, 0) is 29.5 Å². The summed E-state index contributed by atoms with van der Waals surface area (Å²) in [5, 5.41) is 16.1. The molecule has 3 heterocycles. The van der Waals surface area contributed by atoms with Gasteiger partial charge in [-0.2, -0.15) is 5.10 Å². The van der Waals surface area contributed by atoms with Gasteiger partial charge in [0.25, 0.3) is 5.56 Å². The molecule has 1 aliphatic rings. The Hall–Kier alpha value is -3.91. The molecule has 1 unspecified atom stereocenters. The number of carbonyl (C=O) groups is 1. The number of carbonyl (C=O) groups excluding carboxylic acids is 1. The van der Waals surface area contributed by atoms with Gasteiger partial charge in [0.05, 0.1) is 32.2 Å². The van der Waals surface area contributed by atoms with Gasteiger partial charge < -0.3 is 19.1 Å².